The average Bonchev–Trinajstić information content (AvgIpc) is 2.38. The quantitative estimate of drug-likeness (QED) is 0.908. The van der Waals surface area contributed by atoms with Crippen LogP contribution < -0.4 is 4.74 Å². The van der Waals surface area contributed by atoms with Gasteiger partial charge in [0.25, 0.3) is 0 Å². The number of aromatic nitrogens is 1. The van der Waals surface area contributed by atoms with Crippen LogP contribution in [-0.2, 0) is 0 Å². The molecule has 0 aliphatic rings. The summed E-state index contributed by atoms with van der Waals surface area (Å²) in [7, 11) is 0. The van der Waals surface area contributed by atoms with Gasteiger partial charge < -0.3 is 9.84 Å². The second-order valence-corrected chi connectivity index (χ2v) is 4.34. The molecule has 0 fully saturated rings. The Morgan fingerprint density at radius 3 is 2.83 bits per heavy atom. The Morgan fingerprint density at radius 1 is 1.33 bits per heavy atom. The zero-order valence-corrected chi connectivity index (χ0v) is 10.8. The summed E-state index contributed by atoms with van der Waals surface area (Å²) in [6, 6.07) is 9.08. The van der Waals surface area contributed by atoms with Crippen LogP contribution in [0.25, 0.3) is 0 Å². The maximum Gasteiger partial charge on any atom is 0.147 e. The number of nitrogens with zero attached hydrogens (tertiary/aromatic N) is 1. The van der Waals surface area contributed by atoms with Gasteiger partial charge in [-0.2, -0.15) is 0 Å². The Balaban J connectivity index is 2.29. The molecule has 0 unspecified atom stereocenters. The summed E-state index contributed by atoms with van der Waals surface area (Å²) < 4.78 is 5.71. The van der Waals surface area contributed by atoms with E-state index in [0.717, 1.165) is 5.56 Å². The minimum Gasteiger partial charge on any atom is -0.455 e. The Bertz CT molecular complexity index is 531. The normalized spacial score (nSPS) is 12.2. The second kappa shape index (κ2) is 5.85. The highest BCUT2D eigenvalue weighted by molar-refractivity contribution is 6.30. The fourth-order valence-corrected chi connectivity index (χ4v) is 1.81. The maximum absolute atomic E-state index is 9.92. The first kappa shape index (κ1) is 12.9. The van der Waals surface area contributed by atoms with Crippen LogP contribution >= 0.6 is 11.6 Å². The molecule has 4 heteroatoms. The molecule has 94 valence electrons. The Labute approximate surface area is 111 Å². The highest BCUT2D eigenvalue weighted by Crippen LogP contribution is 2.31. The number of pyridine rings is 1. The zero-order chi connectivity index (χ0) is 13.0. The van der Waals surface area contributed by atoms with Gasteiger partial charge in [-0.05, 0) is 12.5 Å². The van der Waals surface area contributed by atoms with Gasteiger partial charge in [-0.25, -0.2) is 0 Å². The number of aliphatic hydroxyl groups is 1. The lowest BCUT2D eigenvalue weighted by Crippen LogP contribution is -1.98. The molecule has 18 heavy (non-hydrogen) atoms. The predicted octanol–water partition coefficient (Wildman–Crippen LogP) is 3.97. The van der Waals surface area contributed by atoms with E-state index in [-0.39, 0.29) is 0 Å². The van der Waals surface area contributed by atoms with Crippen molar-refractivity contribution >= 4 is 11.6 Å². The van der Waals surface area contributed by atoms with E-state index in [2.05, 4.69) is 4.98 Å². The lowest BCUT2D eigenvalue weighted by atomic mass is 10.1. The number of hydrogen-bond donors (Lipinski definition) is 1. The van der Waals surface area contributed by atoms with Gasteiger partial charge >= 0.3 is 0 Å². The molecule has 2 aromatic rings. The van der Waals surface area contributed by atoms with Crippen LogP contribution in [0.5, 0.6) is 11.5 Å². The fraction of sp³-hybridized carbons (Fsp3) is 0.214. The molecule has 1 aromatic carbocycles. The highest BCUT2D eigenvalue weighted by atomic mass is 35.5. The van der Waals surface area contributed by atoms with Gasteiger partial charge in [-0.15, -0.1) is 0 Å². The molecule has 0 amide bonds. The summed E-state index contributed by atoms with van der Waals surface area (Å²) in [6.07, 6.45) is 3.23. The number of para-hydroxylation sites is 1. The number of ether oxygens (including phenoxy) is 1. The zero-order valence-electron chi connectivity index (χ0n) is 10.0. The van der Waals surface area contributed by atoms with Crippen molar-refractivity contribution in [3.05, 3.63) is 53.3 Å². The van der Waals surface area contributed by atoms with Gasteiger partial charge in [-0.1, -0.05) is 36.7 Å². The predicted molar refractivity (Wildman–Crippen MR) is 71.0 cm³/mol. The summed E-state index contributed by atoms with van der Waals surface area (Å²) in [4.78, 5) is 3.96. The molecular weight excluding hydrogens is 250 g/mol. The Morgan fingerprint density at radius 2 is 2.11 bits per heavy atom. The lowest BCUT2D eigenvalue weighted by Gasteiger charge is -2.14. The summed E-state index contributed by atoms with van der Waals surface area (Å²) in [5, 5.41) is 10.4. The Hall–Kier alpha value is -1.58. The first-order valence-corrected chi connectivity index (χ1v) is 6.14. The van der Waals surface area contributed by atoms with Crippen molar-refractivity contribution in [2.24, 2.45) is 0 Å². The standard InChI is InChI=1S/C14H14ClNO2/c1-2-13(17)12-5-3-4-6-14(12)18-11-7-10(15)8-16-9-11/h3-9,13,17H,2H2,1H3/t13-/m1/s1. The van der Waals surface area contributed by atoms with E-state index < -0.39 is 6.10 Å². The van der Waals surface area contributed by atoms with Crippen molar-refractivity contribution in [3.8, 4) is 11.5 Å². The van der Waals surface area contributed by atoms with Crippen LogP contribution in [-0.4, -0.2) is 10.1 Å². The third-order valence-corrected chi connectivity index (χ3v) is 2.78. The van der Waals surface area contributed by atoms with E-state index in [0.29, 0.717) is 22.9 Å². The first-order chi connectivity index (χ1) is 8.70. The van der Waals surface area contributed by atoms with Crippen molar-refractivity contribution in [2.75, 3.05) is 0 Å². The first-order valence-electron chi connectivity index (χ1n) is 5.76. The molecule has 1 heterocycles. The van der Waals surface area contributed by atoms with Gasteiger partial charge in [0.05, 0.1) is 17.3 Å². The summed E-state index contributed by atoms with van der Waals surface area (Å²) >= 11 is 5.85. The molecule has 0 spiro atoms. The van der Waals surface area contributed by atoms with E-state index in [1.807, 2.05) is 31.2 Å². The molecule has 0 radical (unpaired) electrons. The topological polar surface area (TPSA) is 42.4 Å². The third kappa shape index (κ3) is 3.00. The van der Waals surface area contributed by atoms with Gasteiger partial charge in [0.2, 0.25) is 0 Å². The number of rotatable bonds is 4. The SMILES string of the molecule is CC[C@@H](O)c1ccccc1Oc1cncc(Cl)c1. The van der Waals surface area contributed by atoms with Crippen LogP contribution in [0.2, 0.25) is 5.02 Å². The van der Waals surface area contributed by atoms with Crippen LogP contribution in [0.15, 0.2) is 42.7 Å². The molecular formula is C14H14ClNO2. The number of benzene rings is 1. The van der Waals surface area contributed by atoms with E-state index in [1.54, 1.807) is 18.5 Å². The van der Waals surface area contributed by atoms with E-state index in [9.17, 15) is 5.11 Å². The monoisotopic (exact) mass is 263 g/mol. The summed E-state index contributed by atoms with van der Waals surface area (Å²) in [6.45, 7) is 1.92. The third-order valence-electron chi connectivity index (χ3n) is 2.57. The number of hydrogen-bond acceptors (Lipinski definition) is 3. The van der Waals surface area contributed by atoms with E-state index in [4.69, 9.17) is 16.3 Å². The lowest BCUT2D eigenvalue weighted by molar-refractivity contribution is 0.170. The van der Waals surface area contributed by atoms with Crippen LogP contribution in [0.4, 0.5) is 0 Å². The molecule has 1 atom stereocenters. The second-order valence-electron chi connectivity index (χ2n) is 3.90. The molecule has 1 N–H and O–H groups in total. The van der Waals surface area contributed by atoms with Gasteiger partial charge in [0, 0.05) is 17.8 Å². The fourth-order valence-electron chi connectivity index (χ4n) is 1.64. The molecule has 2 rings (SSSR count). The van der Waals surface area contributed by atoms with E-state index >= 15 is 0 Å². The molecule has 1 aromatic heterocycles. The highest BCUT2D eigenvalue weighted by Gasteiger charge is 2.11. The number of halogens is 1. The minimum atomic E-state index is -0.534. The Kier molecular flexibility index (Phi) is 4.18. The molecule has 0 saturated heterocycles. The van der Waals surface area contributed by atoms with Gasteiger partial charge in [-0.3, -0.25) is 4.98 Å². The van der Waals surface area contributed by atoms with Crippen molar-refractivity contribution < 1.29 is 9.84 Å². The summed E-state index contributed by atoms with van der Waals surface area (Å²) in [5.74, 6) is 1.18. The van der Waals surface area contributed by atoms with Crippen molar-refractivity contribution in [1.29, 1.82) is 0 Å². The maximum atomic E-state index is 9.92. The molecule has 0 aliphatic carbocycles. The van der Waals surface area contributed by atoms with Crippen molar-refractivity contribution in [3.63, 3.8) is 0 Å². The number of aliphatic hydroxyl groups excluding tert-OH is 1. The van der Waals surface area contributed by atoms with Gasteiger partial charge in [0.1, 0.15) is 11.5 Å². The van der Waals surface area contributed by atoms with E-state index in [1.165, 1.54) is 0 Å². The molecule has 0 saturated carbocycles. The van der Waals surface area contributed by atoms with Crippen LogP contribution in [0.3, 0.4) is 0 Å². The minimum absolute atomic E-state index is 0.515. The van der Waals surface area contributed by atoms with Crippen LogP contribution in [0, 0.1) is 0 Å². The smallest absolute Gasteiger partial charge is 0.147 e. The summed E-state index contributed by atoms with van der Waals surface area (Å²) in [5.41, 5.74) is 0.764. The van der Waals surface area contributed by atoms with Crippen molar-refractivity contribution in [2.45, 2.75) is 19.4 Å². The molecule has 0 bridgehead atoms. The average molecular weight is 264 g/mol. The van der Waals surface area contributed by atoms with Crippen LogP contribution in [0.1, 0.15) is 25.0 Å². The molecule has 0 aliphatic heterocycles. The van der Waals surface area contributed by atoms with Crippen molar-refractivity contribution in [1.82, 2.24) is 4.98 Å². The van der Waals surface area contributed by atoms with Gasteiger partial charge in [0.15, 0.2) is 0 Å². The molecule has 3 nitrogen and oxygen atoms in total. The largest absolute Gasteiger partial charge is 0.455 e.